The first-order valence-electron chi connectivity index (χ1n) is 6.42. The topological polar surface area (TPSA) is 55.1 Å². The molecule has 1 fully saturated rings. The Kier molecular flexibility index (Phi) is 4.12. The summed E-state index contributed by atoms with van der Waals surface area (Å²) in [6.45, 7) is 2.23. The molecule has 1 aromatic rings. The van der Waals surface area contributed by atoms with E-state index in [2.05, 4.69) is 12.2 Å². The summed E-state index contributed by atoms with van der Waals surface area (Å²) in [6, 6.07) is 5.26. The number of hydrogen-bond donors (Lipinski definition) is 2. The van der Waals surface area contributed by atoms with Crippen LogP contribution < -0.4 is 11.1 Å². The van der Waals surface area contributed by atoms with E-state index >= 15 is 0 Å². The van der Waals surface area contributed by atoms with E-state index in [9.17, 15) is 4.79 Å². The van der Waals surface area contributed by atoms with Crippen molar-refractivity contribution >= 4 is 23.2 Å². The molecule has 18 heavy (non-hydrogen) atoms. The Hall–Kier alpha value is -1.22. The molecule has 0 bridgehead atoms. The maximum absolute atomic E-state index is 12.1. The number of nitrogens with one attached hydrogen (secondary N) is 1. The van der Waals surface area contributed by atoms with Crippen molar-refractivity contribution in [3.8, 4) is 0 Å². The number of halogens is 1. The lowest BCUT2D eigenvalue weighted by Crippen LogP contribution is -2.38. The quantitative estimate of drug-likeness (QED) is 0.808. The molecule has 0 aliphatic heterocycles. The van der Waals surface area contributed by atoms with Gasteiger partial charge in [-0.05, 0) is 37.0 Å². The summed E-state index contributed by atoms with van der Waals surface area (Å²) >= 11 is 5.82. The van der Waals surface area contributed by atoms with Gasteiger partial charge in [-0.15, -0.1) is 0 Å². The second kappa shape index (κ2) is 5.61. The first-order chi connectivity index (χ1) is 8.56. The number of benzene rings is 1. The Balaban J connectivity index is 2.03. The molecule has 3 nitrogen and oxygen atoms in total. The highest BCUT2D eigenvalue weighted by atomic mass is 35.5. The average Bonchev–Trinajstić information content (AvgIpc) is 2.28. The lowest BCUT2D eigenvalue weighted by atomic mass is 9.87. The van der Waals surface area contributed by atoms with Crippen molar-refractivity contribution in [2.45, 2.75) is 38.6 Å². The Morgan fingerprint density at radius 3 is 2.89 bits per heavy atom. The first-order valence-corrected chi connectivity index (χ1v) is 6.80. The van der Waals surface area contributed by atoms with Gasteiger partial charge in [0, 0.05) is 16.8 Å². The van der Waals surface area contributed by atoms with Gasteiger partial charge in [-0.2, -0.15) is 0 Å². The van der Waals surface area contributed by atoms with E-state index in [0.717, 1.165) is 12.8 Å². The minimum atomic E-state index is -0.0942. The van der Waals surface area contributed by atoms with E-state index in [0.29, 0.717) is 22.2 Å². The van der Waals surface area contributed by atoms with Crippen molar-refractivity contribution in [2.24, 2.45) is 5.92 Å². The van der Waals surface area contributed by atoms with Crippen LogP contribution in [0.15, 0.2) is 18.2 Å². The molecule has 0 spiro atoms. The zero-order valence-electron chi connectivity index (χ0n) is 10.6. The summed E-state index contributed by atoms with van der Waals surface area (Å²) < 4.78 is 0. The van der Waals surface area contributed by atoms with Crippen LogP contribution in [0.5, 0.6) is 0 Å². The molecular formula is C14H19ClN2O. The summed E-state index contributed by atoms with van der Waals surface area (Å²) in [6.07, 6.45) is 4.56. The van der Waals surface area contributed by atoms with Gasteiger partial charge in [0.05, 0.1) is 5.56 Å². The number of carbonyl (C=O) groups excluding carboxylic acids is 1. The molecule has 1 aliphatic rings. The van der Waals surface area contributed by atoms with Crippen molar-refractivity contribution < 1.29 is 4.79 Å². The monoisotopic (exact) mass is 266 g/mol. The van der Waals surface area contributed by atoms with Crippen molar-refractivity contribution in [3.05, 3.63) is 28.8 Å². The lowest BCUT2D eigenvalue weighted by molar-refractivity contribution is 0.0922. The lowest BCUT2D eigenvalue weighted by Gasteiger charge is -2.27. The first kappa shape index (κ1) is 13.2. The third kappa shape index (κ3) is 3.16. The van der Waals surface area contributed by atoms with E-state index < -0.39 is 0 Å². The van der Waals surface area contributed by atoms with Crippen molar-refractivity contribution in [1.82, 2.24) is 5.32 Å². The van der Waals surface area contributed by atoms with Crippen LogP contribution in [0.4, 0.5) is 5.69 Å². The summed E-state index contributed by atoms with van der Waals surface area (Å²) in [5.74, 6) is 0.592. The van der Waals surface area contributed by atoms with E-state index in [4.69, 9.17) is 17.3 Å². The molecule has 2 rings (SSSR count). The third-order valence-electron chi connectivity index (χ3n) is 3.53. The summed E-state index contributed by atoms with van der Waals surface area (Å²) in [7, 11) is 0. The summed E-state index contributed by atoms with van der Waals surface area (Å²) in [5.41, 5.74) is 6.76. The second-order valence-electron chi connectivity index (χ2n) is 5.17. The predicted octanol–water partition coefficient (Wildman–Crippen LogP) is 3.23. The molecule has 0 unspecified atom stereocenters. The molecule has 4 heteroatoms. The van der Waals surface area contributed by atoms with Gasteiger partial charge in [0.25, 0.3) is 5.91 Å². The van der Waals surface area contributed by atoms with Gasteiger partial charge in [0.15, 0.2) is 0 Å². The van der Waals surface area contributed by atoms with Crippen molar-refractivity contribution in [1.29, 1.82) is 0 Å². The number of hydrogen-bond acceptors (Lipinski definition) is 2. The fourth-order valence-electron chi connectivity index (χ4n) is 2.57. The number of anilines is 1. The van der Waals surface area contributed by atoms with Crippen LogP contribution in [0.1, 0.15) is 43.0 Å². The summed E-state index contributed by atoms with van der Waals surface area (Å²) in [5, 5.41) is 3.62. The van der Waals surface area contributed by atoms with E-state index in [1.165, 1.54) is 12.8 Å². The van der Waals surface area contributed by atoms with Crippen LogP contribution in [0.2, 0.25) is 5.02 Å². The Bertz CT molecular complexity index is 447. The zero-order chi connectivity index (χ0) is 13.1. The van der Waals surface area contributed by atoms with Crippen LogP contribution in [0.25, 0.3) is 0 Å². The van der Waals surface area contributed by atoms with Crippen LogP contribution in [-0.4, -0.2) is 11.9 Å². The van der Waals surface area contributed by atoms with Crippen molar-refractivity contribution in [3.63, 3.8) is 0 Å². The standard InChI is InChI=1S/C14H19ClN2O/c1-9-3-2-4-11(7-9)17-14(18)12-6-5-10(15)8-13(12)16/h5-6,8-9,11H,2-4,7,16H2,1H3,(H,17,18)/t9-,11+/m1/s1. The van der Waals surface area contributed by atoms with E-state index in [1.807, 2.05) is 0 Å². The molecule has 1 amide bonds. The number of rotatable bonds is 2. The number of amides is 1. The Morgan fingerprint density at radius 2 is 2.22 bits per heavy atom. The largest absolute Gasteiger partial charge is 0.398 e. The zero-order valence-corrected chi connectivity index (χ0v) is 11.3. The van der Waals surface area contributed by atoms with Crippen LogP contribution >= 0.6 is 11.6 Å². The summed E-state index contributed by atoms with van der Waals surface area (Å²) in [4.78, 5) is 12.1. The minimum absolute atomic E-state index is 0.0942. The van der Waals surface area contributed by atoms with Gasteiger partial charge < -0.3 is 11.1 Å². The van der Waals surface area contributed by atoms with Gasteiger partial charge in [0.1, 0.15) is 0 Å². The van der Waals surface area contributed by atoms with Crippen molar-refractivity contribution in [2.75, 3.05) is 5.73 Å². The number of nitrogens with two attached hydrogens (primary N) is 1. The molecule has 1 aliphatic carbocycles. The maximum atomic E-state index is 12.1. The minimum Gasteiger partial charge on any atom is -0.398 e. The van der Waals surface area contributed by atoms with Gasteiger partial charge >= 0.3 is 0 Å². The fourth-order valence-corrected chi connectivity index (χ4v) is 2.75. The molecule has 1 saturated carbocycles. The van der Waals surface area contributed by atoms with Gasteiger partial charge in [-0.1, -0.05) is 31.4 Å². The molecule has 0 heterocycles. The molecule has 2 atom stereocenters. The third-order valence-corrected chi connectivity index (χ3v) is 3.76. The fraction of sp³-hybridized carbons (Fsp3) is 0.500. The molecule has 98 valence electrons. The van der Waals surface area contributed by atoms with Gasteiger partial charge in [0.2, 0.25) is 0 Å². The predicted molar refractivity (Wildman–Crippen MR) is 74.8 cm³/mol. The number of nitrogen functional groups attached to an aromatic ring is 1. The second-order valence-corrected chi connectivity index (χ2v) is 5.61. The van der Waals surface area contributed by atoms with E-state index in [-0.39, 0.29) is 11.9 Å². The normalized spacial score (nSPS) is 23.7. The highest BCUT2D eigenvalue weighted by Gasteiger charge is 2.21. The van der Waals surface area contributed by atoms with Crippen LogP contribution in [-0.2, 0) is 0 Å². The highest BCUT2D eigenvalue weighted by molar-refractivity contribution is 6.31. The van der Waals surface area contributed by atoms with E-state index in [1.54, 1.807) is 18.2 Å². The maximum Gasteiger partial charge on any atom is 0.253 e. The highest BCUT2D eigenvalue weighted by Crippen LogP contribution is 2.24. The molecule has 0 radical (unpaired) electrons. The SMILES string of the molecule is C[C@@H]1CCC[C@H](NC(=O)c2ccc(Cl)cc2N)C1. The molecule has 1 aromatic carbocycles. The van der Waals surface area contributed by atoms with Crippen LogP contribution in [0.3, 0.4) is 0 Å². The Morgan fingerprint density at radius 1 is 1.44 bits per heavy atom. The molecular weight excluding hydrogens is 248 g/mol. The molecule has 0 saturated heterocycles. The smallest absolute Gasteiger partial charge is 0.253 e. The van der Waals surface area contributed by atoms with Gasteiger partial charge in [-0.3, -0.25) is 4.79 Å². The Labute approximate surface area is 113 Å². The van der Waals surface area contributed by atoms with Gasteiger partial charge in [-0.25, -0.2) is 0 Å². The molecule has 3 N–H and O–H groups in total. The molecule has 0 aromatic heterocycles. The number of carbonyl (C=O) groups is 1. The average molecular weight is 267 g/mol. The van der Waals surface area contributed by atoms with Crippen LogP contribution in [0, 0.1) is 5.92 Å².